The van der Waals surface area contributed by atoms with Crippen LogP contribution in [0.3, 0.4) is 0 Å². The van der Waals surface area contributed by atoms with Crippen molar-refractivity contribution in [1.82, 2.24) is 15.5 Å². The van der Waals surface area contributed by atoms with Crippen molar-refractivity contribution in [3.63, 3.8) is 0 Å². The maximum Gasteiger partial charge on any atom is 0.252 e. The second-order valence-corrected chi connectivity index (χ2v) is 5.74. The molecule has 122 valence electrons. The van der Waals surface area contributed by atoms with Gasteiger partial charge in [0.05, 0.1) is 22.9 Å². The van der Waals surface area contributed by atoms with Crippen molar-refractivity contribution >= 4 is 17.5 Å². The Kier molecular flexibility index (Phi) is 4.58. The van der Waals surface area contributed by atoms with Gasteiger partial charge < -0.3 is 10.1 Å². The number of benzene rings is 1. The highest BCUT2D eigenvalue weighted by Crippen LogP contribution is 2.33. The predicted octanol–water partition coefficient (Wildman–Crippen LogP) is 2.85. The molecule has 2 atom stereocenters. The molecule has 0 radical (unpaired) electrons. The van der Waals surface area contributed by atoms with E-state index in [2.05, 4.69) is 15.5 Å². The number of ether oxygens (including phenoxy) is 1. The Morgan fingerprint density at radius 3 is 2.96 bits per heavy atom. The summed E-state index contributed by atoms with van der Waals surface area (Å²) >= 11 is 5.80. The lowest BCUT2D eigenvalue weighted by molar-refractivity contribution is 0.0846. The Bertz CT molecular complexity index is 709. The second kappa shape index (κ2) is 6.64. The van der Waals surface area contributed by atoms with Crippen LogP contribution in [-0.4, -0.2) is 29.3 Å². The molecule has 1 aromatic heterocycles. The van der Waals surface area contributed by atoms with Crippen LogP contribution in [-0.2, 0) is 4.74 Å². The maximum atomic E-state index is 13.3. The summed E-state index contributed by atoms with van der Waals surface area (Å²) in [5, 5.41) is 9.18. The minimum absolute atomic E-state index is 0.0700. The highest BCUT2D eigenvalue weighted by atomic mass is 35.5. The number of H-pyrrole nitrogens is 1. The first-order valence-corrected chi connectivity index (χ1v) is 7.47. The summed E-state index contributed by atoms with van der Waals surface area (Å²) < 4.78 is 32.0. The van der Waals surface area contributed by atoms with Crippen LogP contribution in [0, 0.1) is 17.6 Å². The summed E-state index contributed by atoms with van der Waals surface area (Å²) in [6.07, 6.45) is 4.05. The van der Waals surface area contributed by atoms with E-state index in [0.717, 1.165) is 24.1 Å². The minimum atomic E-state index is -1.11. The number of halogens is 3. The van der Waals surface area contributed by atoms with E-state index in [4.69, 9.17) is 16.3 Å². The largest absolute Gasteiger partial charge is 0.373 e. The van der Waals surface area contributed by atoms with Crippen LogP contribution in [0.1, 0.15) is 28.4 Å². The maximum absolute atomic E-state index is 13.3. The summed E-state index contributed by atoms with van der Waals surface area (Å²) in [5.41, 5.74) is 0.817. The van der Waals surface area contributed by atoms with Crippen molar-refractivity contribution in [1.29, 1.82) is 0 Å². The van der Waals surface area contributed by atoms with Crippen molar-refractivity contribution in [2.45, 2.75) is 12.5 Å². The molecule has 8 heteroatoms. The number of hydrogen-bond donors (Lipinski definition) is 2. The molecule has 0 aliphatic carbocycles. The molecule has 2 heterocycles. The van der Waals surface area contributed by atoms with Crippen LogP contribution < -0.4 is 5.32 Å². The van der Waals surface area contributed by atoms with Crippen molar-refractivity contribution < 1.29 is 18.3 Å². The zero-order valence-corrected chi connectivity index (χ0v) is 12.7. The van der Waals surface area contributed by atoms with Gasteiger partial charge >= 0.3 is 0 Å². The van der Waals surface area contributed by atoms with E-state index in [-0.39, 0.29) is 22.6 Å². The SMILES string of the molecule is O=C(NC[C@H]1CCO[C@@H]1c1cn[nH]c1)c1cc(F)c(F)cc1Cl. The molecule has 2 N–H and O–H groups in total. The first-order chi connectivity index (χ1) is 11.1. The molecule has 1 saturated heterocycles. The Morgan fingerprint density at radius 1 is 1.43 bits per heavy atom. The Balaban J connectivity index is 1.66. The van der Waals surface area contributed by atoms with Crippen molar-refractivity contribution in [3.05, 3.63) is 52.3 Å². The van der Waals surface area contributed by atoms with E-state index >= 15 is 0 Å². The van der Waals surface area contributed by atoms with E-state index < -0.39 is 17.5 Å². The smallest absolute Gasteiger partial charge is 0.252 e. The summed E-state index contributed by atoms with van der Waals surface area (Å²) in [6, 6.07) is 1.59. The highest BCUT2D eigenvalue weighted by molar-refractivity contribution is 6.33. The molecule has 0 saturated carbocycles. The molecule has 0 unspecified atom stereocenters. The molecular formula is C15H14ClF2N3O2. The molecule has 1 amide bonds. The van der Waals surface area contributed by atoms with Gasteiger partial charge in [-0.15, -0.1) is 0 Å². The predicted molar refractivity (Wildman–Crippen MR) is 79.1 cm³/mol. The number of carbonyl (C=O) groups is 1. The average molecular weight is 342 g/mol. The first kappa shape index (κ1) is 15.9. The van der Waals surface area contributed by atoms with Crippen LogP contribution >= 0.6 is 11.6 Å². The number of nitrogens with zero attached hydrogens (tertiary/aromatic N) is 1. The third-order valence-corrected chi connectivity index (χ3v) is 4.15. The summed E-state index contributed by atoms with van der Waals surface area (Å²) in [5.74, 6) is -2.68. The minimum Gasteiger partial charge on any atom is -0.373 e. The zero-order valence-electron chi connectivity index (χ0n) is 12.0. The van der Waals surface area contributed by atoms with Gasteiger partial charge in [0, 0.05) is 30.8 Å². The molecule has 1 fully saturated rings. The van der Waals surface area contributed by atoms with Gasteiger partial charge in [-0.2, -0.15) is 5.10 Å². The van der Waals surface area contributed by atoms with E-state index in [9.17, 15) is 13.6 Å². The van der Waals surface area contributed by atoms with E-state index in [1.165, 1.54) is 0 Å². The highest BCUT2D eigenvalue weighted by Gasteiger charge is 2.30. The molecule has 1 aliphatic rings. The molecule has 3 rings (SSSR count). The van der Waals surface area contributed by atoms with Gasteiger partial charge in [0.2, 0.25) is 0 Å². The normalized spacial score (nSPS) is 20.7. The number of carbonyl (C=O) groups excluding carboxylic acids is 1. The number of aromatic nitrogens is 2. The van der Waals surface area contributed by atoms with Gasteiger partial charge in [-0.3, -0.25) is 9.89 Å². The van der Waals surface area contributed by atoms with Gasteiger partial charge in [-0.25, -0.2) is 8.78 Å². The topological polar surface area (TPSA) is 67.0 Å². The molecule has 23 heavy (non-hydrogen) atoms. The Morgan fingerprint density at radius 2 is 2.22 bits per heavy atom. The van der Waals surface area contributed by atoms with Crippen LogP contribution in [0.25, 0.3) is 0 Å². The summed E-state index contributed by atoms with van der Waals surface area (Å²) in [7, 11) is 0. The van der Waals surface area contributed by atoms with Gasteiger partial charge in [0.25, 0.3) is 5.91 Å². The third kappa shape index (κ3) is 3.35. The molecule has 0 spiro atoms. The Hall–Kier alpha value is -1.99. The van der Waals surface area contributed by atoms with Crippen molar-refractivity contribution in [3.8, 4) is 0 Å². The van der Waals surface area contributed by atoms with Crippen LogP contribution in [0.15, 0.2) is 24.5 Å². The lowest BCUT2D eigenvalue weighted by Crippen LogP contribution is -2.30. The fourth-order valence-electron chi connectivity index (χ4n) is 2.64. The van der Waals surface area contributed by atoms with Crippen LogP contribution in [0.2, 0.25) is 5.02 Å². The average Bonchev–Trinajstić information content (AvgIpc) is 3.18. The fraction of sp³-hybridized carbons (Fsp3) is 0.333. The van der Waals surface area contributed by atoms with Crippen molar-refractivity contribution in [2.75, 3.05) is 13.2 Å². The van der Waals surface area contributed by atoms with Crippen LogP contribution in [0.5, 0.6) is 0 Å². The first-order valence-electron chi connectivity index (χ1n) is 7.09. The van der Waals surface area contributed by atoms with Crippen molar-refractivity contribution in [2.24, 2.45) is 5.92 Å². The summed E-state index contributed by atoms with van der Waals surface area (Å²) in [6.45, 7) is 0.923. The van der Waals surface area contributed by atoms with E-state index in [0.29, 0.717) is 13.2 Å². The third-order valence-electron chi connectivity index (χ3n) is 3.84. The van der Waals surface area contributed by atoms with Gasteiger partial charge in [0.1, 0.15) is 0 Å². The number of hydrogen-bond acceptors (Lipinski definition) is 3. The molecule has 1 aliphatic heterocycles. The zero-order chi connectivity index (χ0) is 16.4. The van der Waals surface area contributed by atoms with E-state index in [1.54, 1.807) is 12.4 Å². The number of nitrogens with one attached hydrogen (secondary N) is 2. The van der Waals surface area contributed by atoms with Gasteiger partial charge in [-0.05, 0) is 18.6 Å². The van der Waals surface area contributed by atoms with E-state index in [1.807, 2.05) is 0 Å². The van der Waals surface area contributed by atoms with Gasteiger partial charge in [0.15, 0.2) is 11.6 Å². The lowest BCUT2D eigenvalue weighted by Gasteiger charge is -2.18. The molecule has 0 bridgehead atoms. The number of aromatic amines is 1. The lowest BCUT2D eigenvalue weighted by atomic mass is 9.97. The monoisotopic (exact) mass is 341 g/mol. The standard InChI is InChI=1S/C15H14ClF2N3O2/c16-11-4-13(18)12(17)3-10(11)15(22)19-5-8-1-2-23-14(8)9-6-20-21-7-9/h3-4,6-8,14H,1-2,5H2,(H,19,22)(H,20,21)/t8-,14+/m1/s1. The number of amides is 1. The fourth-order valence-corrected chi connectivity index (χ4v) is 2.88. The molecule has 5 nitrogen and oxygen atoms in total. The molecule has 2 aromatic rings. The second-order valence-electron chi connectivity index (χ2n) is 5.33. The summed E-state index contributed by atoms with van der Waals surface area (Å²) in [4.78, 5) is 12.1. The Labute approximate surface area is 136 Å². The van der Waals surface area contributed by atoms with Crippen LogP contribution in [0.4, 0.5) is 8.78 Å². The molecular weight excluding hydrogens is 328 g/mol. The van der Waals surface area contributed by atoms with Gasteiger partial charge in [-0.1, -0.05) is 11.6 Å². The molecule has 1 aromatic carbocycles. The number of rotatable bonds is 4. The quantitative estimate of drug-likeness (QED) is 0.840.